The van der Waals surface area contributed by atoms with Crippen molar-refractivity contribution in [2.45, 2.75) is 6.18 Å². The summed E-state index contributed by atoms with van der Waals surface area (Å²) in [6.07, 6.45) is -1.69. The summed E-state index contributed by atoms with van der Waals surface area (Å²) in [7, 11) is 0. The third kappa shape index (κ3) is 3.80. The zero-order valence-corrected chi connectivity index (χ0v) is 13.5. The van der Waals surface area contributed by atoms with Gasteiger partial charge in [-0.25, -0.2) is 9.98 Å². The number of hydrogen-bond acceptors (Lipinski definition) is 4. The van der Waals surface area contributed by atoms with Crippen molar-refractivity contribution in [2.24, 2.45) is 4.99 Å². The largest absolute Gasteiger partial charge is 0.434 e. The molecule has 24 heavy (non-hydrogen) atoms. The van der Waals surface area contributed by atoms with Crippen molar-refractivity contribution in [1.29, 1.82) is 0 Å². The van der Waals surface area contributed by atoms with Crippen LogP contribution in [0.25, 0.3) is 10.6 Å². The molecule has 1 aromatic carbocycles. The lowest BCUT2D eigenvalue weighted by Crippen LogP contribution is -2.07. The number of benzene rings is 1. The minimum absolute atomic E-state index is 0.0120. The van der Waals surface area contributed by atoms with Crippen LogP contribution in [0.4, 0.5) is 18.3 Å². The van der Waals surface area contributed by atoms with E-state index < -0.39 is 11.9 Å². The second-order valence-electron chi connectivity index (χ2n) is 4.70. The average molecular weight is 368 g/mol. The van der Waals surface area contributed by atoms with Crippen molar-refractivity contribution in [3.63, 3.8) is 0 Å². The fourth-order valence-corrected chi connectivity index (χ4v) is 2.94. The number of thiazole rings is 1. The molecular weight excluding hydrogens is 359 g/mol. The fourth-order valence-electron chi connectivity index (χ4n) is 1.91. The lowest BCUT2D eigenvalue weighted by molar-refractivity contribution is -0.140. The van der Waals surface area contributed by atoms with Gasteiger partial charge in [0.05, 0.1) is 10.6 Å². The van der Waals surface area contributed by atoms with Crippen LogP contribution in [-0.4, -0.2) is 16.2 Å². The minimum Gasteiger partial charge on any atom is -0.255 e. The second-order valence-corrected chi connectivity index (χ2v) is 6.11. The molecule has 3 aromatic rings. The van der Waals surface area contributed by atoms with Crippen LogP contribution in [0.15, 0.2) is 53.7 Å². The Morgan fingerprint density at radius 3 is 2.46 bits per heavy atom. The molecule has 0 spiro atoms. The van der Waals surface area contributed by atoms with Gasteiger partial charge in [-0.2, -0.15) is 13.2 Å². The van der Waals surface area contributed by atoms with Gasteiger partial charge >= 0.3 is 6.18 Å². The second kappa shape index (κ2) is 6.70. The first-order valence-corrected chi connectivity index (χ1v) is 7.92. The predicted octanol–water partition coefficient (Wildman–Crippen LogP) is 5.63. The van der Waals surface area contributed by atoms with Crippen LogP contribution in [-0.2, 0) is 6.18 Å². The predicted molar refractivity (Wildman–Crippen MR) is 89.1 cm³/mol. The number of rotatable bonds is 3. The van der Waals surface area contributed by atoms with Crippen molar-refractivity contribution in [3.05, 3.63) is 64.9 Å². The number of alkyl halides is 3. The lowest BCUT2D eigenvalue weighted by atomic mass is 10.2. The molecule has 0 aliphatic carbocycles. The Morgan fingerprint density at radius 1 is 1.08 bits per heavy atom. The topological polar surface area (TPSA) is 38.1 Å². The summed E-state index contributed by atoms with van der Waals surface area (Å²) in [5.74, 6) is 0. The Morgan fingerprint density at radius 2 is 1.83 bits per heavy atom. The first-order chi connectivity index (χ1) is 11.4. The fraction of sp³-hybridized carbons (Fsp3) is 0.0625. The standard InChI is InChI=1S/C16H9ClF3N3S/c17-11-6-4-10(5-7-11)9-22-15-23-14(16(18,19)20)13(24-15)12-3-1-2-8-21-12/h1-9H. The van der Waals surface area contributed by atoms with Gasteiger partial charge in [-0.3, -0.25) is 4.98 Å². The molecule has 0 radical (unpaired) electrons. The van der Waals surface area contributed by atoms with Gasteiger partial charge in [0.2, 0.25) is 5.13 Å². The number of hydrogen-bond donors (Lipinski definition) is 0. The molecule has 3 rings (SSSR count). The van der Waals surface area contributed by atoms with Gasteiger partial charge in [-0.1, -0.05) is 41.1 Å². The van der Waals surface area contributed by atoms with E-state index in [9.17, 15) is 13.2 Å². The van der Waals surface area contributed by atoms with Gasteiger partial charge in [0.1, 0.15) is 0 Å². The molecule has 0 atom stereocenters. The Labute approximate surface area is 144 Å². The molecule has 0 aliphatic heterocycles. The molecule has 3 nitrogen and oxygen atoms in total. The van der Waals surface area contributed by atoms with Crippen molar-refractivity contribution in [3.8, 4) is 10.6 Å². The van der Waals surface area contributed by atoms with E-state index in [2.05, 4.69) is 15.0 Å². The molecule has 122 valence electrons. The Hall–Kier alpha value is -2.25. The maximum atomic E-state index is 13.2. The van der Waals surface area contributed by atoms with Gasteiger partial charge in [-0.15, -0.1) is 0 Å². The molecule has 0 fully saturated rings. The first-order valence-electron chi connectivity index (χ1n) is 6.72. The van der Waals surface area contributed by atoms with E-state index in [0.717, 1.165) is 11.3 Å². The molecule has 2 heterocycles. The van der Waals surface area contributed by atoms with Crippen molar-refractivity contribution >= 4 is 34.3 Å². The van der Waals surface area contributed by atoms with Crippen LogP contribution >= 0.6 is 22.9 Å². The van der Waals surface area contributed by atoms with Crippen molar-refractivity contribution in [2.75, 3.05) is 0 Å². The zero-order chi connectivity index (χ0) is 17.2. The SMILES string of the molecule is FC(F)(F)c1nc(N=Cc2ccc(Cl)cc2)sc1-c1ccccn1. The minimum atomic E-state index is -4.57. The molecule has 8 heteroatoms. The van der Waals surface area contributed by atoms with Crippen LogP contribution in [0.1, 0.15) is 11.3 Å². The maximum Gasteiger partial charge on any atom is 0.434 e. The number of aromatic nitrogens is 2. The van der Waals surface area contributed by atoms with Crippen LogP contribution in [0.5, 0.6) is 0 Å². The van der Waals surface area contributed by atoms with Crippen LogP contribution in [0.2, 0.25) is 5.02 Å². The summed E-state index contributed by atoms with van der Waals surface area (Å²) in [6, 6.07) is 11.5. The summed E-state index contributed by atoms with van der Waals surface area (Å²) < 4.78 is 39.6. The highest BCUT2D eigenvalue weighted by Crippen LogP contribution is 2.41. The third-order valence-electron chi connectivity index (χ3n) is 2.98. The van der Waals surface area contributed by atoms with Gasteiger partial charge in [0.15, 0.2) is 5.69 Å². The van der Waals surface area contributed by atoms with E-state index in [-0.39, 0.29) is 15.7 Å². The quantitative estimate of drug-likeness (QED) is 0.563. The summed E-state index contributed by atoms with van der Waals surface area (Å²) in [4.78, 5) is 11.6. The molecule has 0 saturated heterocycles. The molecule has 2 aromatic heterocycles. The monoisotopic (exact) mass is 367 g/mol. The molecule has 0 aliphatic rings. The van der Waals surface area contributed by atoms with Gasteiger partial charge < -0.3 is 0 Å². The highest BCUT2D eigenvalue weighted by atomic mass is 35.5. The molecule has 0 amide bonds. The van der Waals surface area contributed by atoms with Gasteiger partial charge in [0, 0.05) is 17.4 Å². The molecular formula is C16H9ClF3N3S. The van der Waals surface area contributed by atoms with Crippen LogP contribution < -0.4 is 0 Å². The summed E-state index contributed by atoms with van der Waals surface area (Å²) in [5, 5.41) is 0.580. The Kier molecular flexibility index (Phi) is 4.64. The van der Waals surface area contributed by atoms with Crippen molar-refractivity contribution < 1.29 is 13.2 Å². The highest BCUT2D eigenvalue weighted by molar-refractivity contribution is 7.18. The molecule has 0 bridgehead atoms. The summed E-state index contributed by atoms with van der Waals surface area (Å²) in [5.41, 5.74) is -0.0488. The number of aliphatic imine (C=N–C) groups is 1. The Balaban J connectivity index is 1.98. The normalized spacial score (nSPS) is 12.0. The smallest absolute Gasteiger partial charge is 0.255 e. The summed E-state index contributed by atoms with van der Waals surface area (Å²) in [6.45, 7) is 0. The summed E-state index contributed by atoms with van der Waals surface area (Å²) >= 11 is 6.63. The molecule has 0 saturated carbocycles. The number of pyridine rings is 1. The number of halogens is 4. The van der Waals surface area contributed by atoms with Gasteiger partial charge in [0.25, 0.3) is 0 Å². The van der Waals surface area contributed by atoms with E-state index in [1.807, 2.05) is 0 Å². The average Bonchev–Trinajstić information content (AvgIpc) is 3.00. The molecule has 0 N–H and O–H groups in total. The lowest BCUT2D eigenvalue weighted by Gasteiger charge is -2.04. The van der Waals surface area contributed by atoms with E-state index in [1.165, 1.54) is 18.5 Å². The third-order valence-corrected chi connectivity index (χ3v) is 4.21. The highest BCUT2D eigenvalue weighted by Gasteiger charge is 2.38. The van der Waals surface area contributed by atoms with Crippen LogP contribution in [0.3, 0.4) is 0 Å². The van der Waals surface area contributed by atoms with Gasteiger partial charge in [-0.05, 0) is 29.8 Å². The number of nitrogens with zero attached hydrogens (tertiary/aromatic N) is 3. The maximum absolute atomic E-state index is 13.2. The Bertz CT molecular complexity index is 859. The van der Waals surface area contributed by atoms with Crippen LogP contribution in [0, 0.1) is 0 Å². The van der Waals surface area contributed by atoms with E-state index in [0.29, 0.717) is 10.6 Å². The van der Waals surface area contributed by atoms with E-state index in [1.54, 1.807) is 36.4 Å². The van der Waals surface area contributed by atoms with E-state index >= 15 is 0 Å². The zero-order valence-electron chi connectivity index (χ0n) is 12.0. The van der Waals surface area contributed by atoms with Crippen molar-refractivity contribution in [1.82, 2.24) is 9.97 Å². The first kappa shape index (κ1) is 16.6. The van der Waals surface area contributed by atoms with E-state index in [4.69, 9.17) is 11.6 Å². The molecule has 0 unspecified atom stereocenters.